The van der Waals surface area contributed by atoms with E-state index in [-0.39, 0.29) is 17.1 Å². The Morgan fingerprint density at radius 3 is 2.47 bits per heavy atom. The first-order valence-corrected chi connectivity index (χ1v) is 10.3. The zero-order chi connectivity index (χ0) is 22.1. The van der Waals surface area contributed by atoms with Gasteiger partial charge < -0.3 is 5.11 Å². The molecule has 2 aliphatic carbocycles. The molecule has 0 saturated carbocycles. The van der Waals surface area contributed by atoms with Gasteiger partial charge in [-0.15, -0.1) is 0 Å². The third-order valence-corrected chi connectivity index (χ3v) is 5.40. The average molecular weight is 403 g/mol. The van der Waals surface area contributed by atoms with Crippen LogP contribution in [-0.4, -0.2) is 17.2 Å². The Kier molecular flexibility index (Phi) is 5.97. The van der Waals surface area contributed by atoms with E-state index in [4.69, 9.17) is 0 Å². The fourth-order valence-electron chi connectivity index (χ4n) is 3.47. The van der Waals surface area contributed by atoms with Gasteiger partial charge in [0.25, 0.3) is 5.91 Å². The minimum Gasteiger partial charge on any atom is -0.507 e. The highest BCUT2D eigenvalue weighted by Crippen LogP contribution is 2.33. The van der Waals surface area contributed by atoms with Crippen LogP contribution < -0.4 is 5.43 Å². The topological polar surface area (TPSA) is 61.7 Å². The largest absolute Gasteiger partial charge is 0.507 e. The lowest BCUT2D eigenvalue weighted by Gasteiger charge is -2.19. The van der Waals surface area contributed by atoms with E-state index in [1.165, 1.54) is 11.8 Å². The summed E-state index contributed by atoms with van der Waals surface area (Å²) in [6.45, 7) is 12.6. The van der Waals surface area contributed by atoms with Crippen LogP contribution in [0.4, 0.5) is 0 Å². The number of benzene rings is 1. The standard InChI is InChI=1S/C26H30N2O2/c1-16(2)18-8-7-9-21-17(3)12-23(22(21)14-18)25(30)28-27-15-19-13-20(26(4,5)6)10-11-24(19)29/h7-16,29H,1-6H3,(H,28,30)/b27-15+. The van der Waals surface area contributed by atoms with E-state index >= 15 is 0 Å². The molecule has 1 amide bonds. The summed E-state index contributed by atoms with van der Waals surface area (Å²) >= 11 is 0. The first-order valence-electron chi connectivity index (χ1n) is 10.3. The summed E-state index contributed by atoms with van der Waals surface area (Å²) in [5, 5.41) is 14.2. The molecule has 0 spiro atoms. The van der Waals surface area contributed by atoms with Crippen LogP contribution in [0, 0.1) is 6.92 Å². The van der Waals surface area contributed by atoms with Crippen LogP contribution in [-0.2, 0) is 5.41 Å². The van der Waals surface area contributed by atoms with Crippen molar-refractivity contribution in [3.8, 4) is 16.9 Å². The number of amides is 1. The van der Waals surface area contributed by atoms with Crippen LogP contribution in [0.25, 0.3) is 11.1 Å². The average Bonchev–Trinajstić information content (AvgIpc) is 2.84. The van der Waals surface area contributed by atoms with Crippen LogP contribution in [0.15, 0.2) is 53.6 Å². The Morgan fingerprint density at radius 2 is 1.80 bits per heavy atom. The number of aromatic hydroxyl groups is 1. The molecule has 0 aliphatic heterocycles. The van der Waals surface area contributed by atoms with Gasteiger partial charge in [-0.2, -0.15) is 5.10 Å². The third kappa shape index (κ3) is 4.54. The van der Waals surface area contributed by atoms with Crippen molar-refractivity contribution < 1.29 is 9.90 Å². The number of nitrogens with one attached hydrogen (secondary N) is 1. The van der Waals surface area contributed by atoms with Crippen molar-refractivity contribution in [1.82, 2.24) is 5.43 Å². The van der Waals surface area contributed by atoms with E-state index in [0.717, 1.165) is 22.3 Å². The Morgan fingerprint density at radius 1 is 1.07 bits per heavy atom. The zero-order valence-electron chi connectivity index (χ0n) is 18.6. The lowest BCUT2D eigenvalue weighted by molar-refractivity contribution is 0.0956. The van der Waals surface area contributed by atoms with Gasteiger partial charge in [0.15, 0.2) is 0 Å². The van der Waals surface area contributed by atoms with Crippen LogP contribution >= 0.6 is 0 Å². The molecule has 0 bridgehead atoms. The number of phenolic OH excluding ortho intramolecular Hbond substituents is 1. The fraction of sp³-hybridized carbons (Fsp3) is 0.308. The highest BCUT2D eigenvalue weighted by Gasteiger charge is 2.19. The summed E-state index contributed by atoms with van der Waals surface area (Å²) in [5.41, 5.74) is 9.04. The second-order valence-electron chi connectivity index (χ2n) is 9.12. The lowest BCUT2D eigenvalue weighted by Crippen LogP contribution is -2.17. The number of hydrazone groups is 1. The molecule has 4 heteroatoms. The summed E-state index contributed by atoms with van der Waals surface area (Å²) in [7, 11) is 0. The fourth-order valence-corrected chi connectivity index (χ4v) is 3.47. The minimum absolute atomic E-state index is 0.0467. The monoisotopic (exact) mass is 402 g/mol. The normalized spacial score (nSPS) is 12.1. The summed E-state index contributed by atoms with van der Waals surface area (Å²) < 4.78 is 0. The van der Waals surface area contributed by atoms with Crippen LogP contribution in [0.2, 0.25) is 0 Å². The van der Waals surface area contributed by atoms with E-state index in [0.29, 0.717) is 17.0 Å². The van der Waals surface area contributed by atoms with Gasteiger partial charge in [-0.05, 0) is 64.3 Å². The van der Waals surface area contributed by atoms with Crippen molar-refractivity contribution in [1.29, 1.82) is 0 Å². The zero-order valence-corrected chi connectivity index (χ0v) is 18.6. The maximum atomic E-state index is 12.9. The number of hydrogen-bond acceptors (Lipinski definition) is 3. The summed E-state index contributed by atoms with van der Waals surface area (Å²) in [6.07, 6.45) is 1.49. The van der Waals surface area contributed by atoms with Crippen molar-refractivity contribution in [3.05, 3.63) is 76.3 Å². The molecule has 4 nitrogen and oxygen atoms in total. The van der Waals surface area contributed by atoms with Gasteiger partial charge >= 0.3 is 0 Å². The number of rotatable bonds is 4. The van der Waals surface area contributed by atoms with Gasteiger partial charge in [0, 0.05) is 11.1 Å². The minimum atomic E-state index is -0.267. The van der Waals surface area contributed by atoms with Crippen molar-refractivity contribution in [3.63, 3.8) is 0 Å². The van der Waals surface area contributed by atoms with Crippen LogP contribution in [0.1, 0.15) is 73.1 Å². The van der Waals surface area contributed by atoms with Crippen molar-refractivity contribution >= 4 is 12.1 Å². The van der Waals surface area contributed by atoms with Gasteiger partial charge in [-0.1, -0.05) is 65.0 Å². The predicted molar refractivity (Wildman–Crippen MR) is 124 cm³/mol. The number of fused-ring (bicyclic) bond motifs is 1. The van der Waals surface area contributed by atoms with Gasteiger partial charge in [0.2, 0.25) is 0 Å². The quantitative estimate of drug-likeness (QED) is 0.416. The van der Waals surface area contributed by atoms with Crippen LogP contribution in [0.5, 0.6) is 5.75 Å². The molecule has 1 aromatic rings. The molecular weight excluding hydrogens is 372 g/mol. The van der Waals surface area contributed by atoms with Crippen molar-refractivity contribution in [2.75, 3.05) is 0 Å². The second kappa shape index (κ2) is 8.31. The Labute approximate surface area is 179 Å². The molecular formula is C26H30N2O2. The van der Waals surface area contributed by atoms with Crippen molar-refractivity contribution in [2.45, 2.75) is 52.9 Å². The molecule has 2 N–H and O–H groups in total. The molecule has 0 radical (unpaired) electrons. The Balaban J connectivity index is 1.87. The van der Waals surface area contributed by atoms with E-state index in [1.54, 1.807) is 6.07 Å². The van der Waals surface area contributed by atoms with Crippen molar-refractivity contribution in [2.24, 2.45) is 5.10 Å². The maximum Gasteiger partial charge on any atom is 0.272 e. The molecule has 0 atom stereocenters. The molecule has 156 valence electrons. The third-order valence-electron chi connectivity index (χ3n) is 5.40. The van der Waals surface area contributed by atoms with Gasteiger partial charge in [-0.25, -0.2) is 5.43 Å². The number of aryl methyl sites for hydroxylation is 1. The highest BCUT2D eigenvalue weighted by atomic mass is 16.3. The first-order chi connectivity index (χ1) is 14.1. The summed E-state index contributed by atoms with van der Waals surface area (Å²) in [6, 6.07) is 15.6. The predicted octanol–water partition coefficient (Wildman–Crippen LogP) is 5.99. The van der Waals surface area contributed by atoms with E-state index in [1.807, 2.05) is 37.3 Å². The number of carbonyl (C=O) groups excluding carboxylic acids is 1. The Hall–Kier alpha value is -3.14. The molecule has 0 saturated heterocycles. The van der Waals surface area contributed by atoms with Gasteiger partial charge in [0.05, 0.1) is 6.21 Å². The molecule has 0 aromatic heterocycles. The van der Waals surface area contributed by atoms with E-state index < -0.39 is 0 Å². The van der Waals surface area contributed by atoms with Gasteiger partial charge in [0.1, 0.15) is 5.75 Å². The molecule has 1 aromatic carbocycles. The number of hydrogen-bond donors (Lipinski definition) is 2. The molecule has 0 heterocycles. The number of nitrogens with zero attached hydrogens (tertiary/aromatic N) is 1. The molecule has 3 rings (SSSR count). The lowest BCUT2D eigenvalue weighted by atomic mass is 9.86. The first kappa shape index (κ1) is 21.6. The number of carbonyl (C=O) groups is 1. The van der Waals surface area contributed by atoms with E-state index in [9.17, 15) is 9.90 Å². The smallest absolute Gasteiger partial charge is 0.272 e. The maximum absolute atomic E-state index is 12.9. The summed E-state index contributed by atoms with van der Waals surface area (Å²) in [5.74, 6) is 0.226. The molecule has 30 heavy (non-hydrogen) atoms. The van der Waals surface area contributed by atoms with E-state index in [2.05, 4.69) is 57.3 Å². The second-order valence-corrected chi connectivity index (χ2v) is 9.12. The molecule has 2 aliphatic rings. The SMILES string of the molecule is Cc1cc(C(=O)N/N=C/c2cc(C(C)(C)C)ccc2O)c2cc(C(C)C)cccc1-2. The van der Waals surface area contributed by atoms with Crippen LogP contribution in [0.3, 0.4) is 0 Å². The summed E-state index contributed by atoms with van der Waals surface area (Å²) in [4.78, 5) is 12.9. The molecule has 0 unspecified atom stereocenters. The highest BCUT2D eigenvalue weighted by molar-refractivity contribution is 6.03. The van der Waals surface area contributed by atoms with Gasteiger partial charge in [-0.3, -0.25) is 4.79 Å². The molecule has 0 fully saturated rings. The Bertz CT molecular complexity index is 1070. The number of phenols is 1.